The van der Waals surface area contributed by atoms with Crippen molar-refractivity contribution in [2.24, 2.45) is 5.92 Å². The second-order valence-electron chi connectivity index (χ2n) is 5.27. The molecule has 1 N–H and O–H groups in total. The summed E-state index contributed by atoms with van der Waals surface area (Å²) in [6.45, 7) is 4.01. The van der Waals surface area contributed by atoms with Gasteiger partial charge in [-0.15, -0.1) is 0 Å². The number of hydrogen-bond donors (Lipinski definition) is 1. The van der Waals surface area contributed by atoms with Gasteiger partial charge in [0, 0.05) is 18.5 Å². The molecule has 0 aromatic heterocycles. The molecule has 0 aliphatic carbocycles. The zero-order chi connectivity index (χ0) is 13.8. The molecule has 1 aliphatic rings. The van der Waals surface area contributed by atoms with Crippen LogP contribution in [0.2, 0.25) is 5.02 Å². The van der Waals surface area contributed by atoms with Crippen molar-refractivity contribution in [3.8, 4) is 0 Å². The number of nitrogens with one attached hydrogen (secondary N) is 1. The number of hydrogen-bond acceptors (Lipinski definition) is 2. The number of rotatable bonds is 4. The van der Waals surface area contributed by atoms with Crippen LogP contribution in [0.25, 0.3) is 0 Å². The molecule has 104 valence electrons. The highest BCUT2D eigenvalue weighted by Crippen LogP contribution is 2.27. The maximum Gasteiger partial charge on any atom is 0.223 e. The first-order valence-corrected chi connectivity index (χ1v) is 7.18. The Hall–Kier alpha value is -1.06. The summed E-state index contributed by atoms with van der Waals surface area (Å²) in [5.74, 6) is 0.675. The van der Waals surface area contributed by atoms with E-state index >= 15 is 0 Å². The summed E-state index contributed by atoms with van der Waals surface area (Å²) in [6.07, 6.45) is 1.72. The van der Waals surface area contributed by atoms with Gasteiger partial charge in [-0.25, -0.2) is 0 Å². The molecule has 3 nitrogen and oxygen atoms in total. The molecule has 2 unspecified atom stereocenters. The van der Waals surface area contributed by atoms with Gasteiger partial charge in [-0.05, 0) is 44.0 Å². The highest BCUT2D eigenvalue weighted by molar-refractivity contribution is 6.31. The maximum atomic E-state index is 12.3. The third kappa shape index (κ3) is 3.48. The van der Waals surface area contributed by atoms with Crippen LogP contribution in [0.1, 0.15) is 31.4 Å². The molecule has 1 aromatic rings. The van der Waals surface area contributed by atoms with Crippen molar-refractivity contribution in [3.63, 3.8) is 0 Å². The van der Waals surface area contributed by atoms with Gasteiger partial charge in [-0.1, -0.05) is 29.8 Å². The van der Waals surface area contributed by atoms with Gasteiger partial charge in [0.2, 0.25) is 5.91 Å². The number of carbonyl (C=O) groups is 1. The number of carbonyl (C=O) groups excluding carboxylic acids is 1. The van der Waals surface area contributed by atoms with Crippen molar-refractivity contribution >= 4 is 17.5 Å². The largest absolute Gasteiger partial charge is 0.339 e. The predicted molar refractivity (Wildman–Crippen MR) is 78.2 cm³/mol. The second kappa shape index (κ2) is 6.40. The van der Waals surface area contributed by atoms with E-state index in [4.69, 9.17) is 11.6 Å². The number of benzene rings is 1. The topological polar surface area (TPSA) is 32.3 Å². The smallest absolute Gasteiger partial charge is 0.223 e. The van der Waals surface area contributed by atoms with E-state index in [2.05, 4.69) is 5.32 Å². The average molecular weight is 281 g/mol. The zero-order valence-corrected chi connectivity index (χ0v) is 12.3. The van der Waals surface area contributed by atoms with Crippen molar-refractivity contribution in [2.45, 2.75) is 25.8 Å². The molecule has 1 aliphatic heterocycles. The van der Waals surface area contributed by atoms with Gasteiger partial charge < -0.3 is 10.2 Å². The quantitative estimate of drug-likeness (QED) is 0.920. The van der Waals surface area contributed by atoms with Crippen molar-refractivity contribution < 1.29 is 4.79 Å². The lowest BCUT2D eigenvalue weighted by Crippen LogP contribution is -2.31. The summed E-state index contributed by atoms with van der Waals surface area (Å²) in [4.78, 5) is 14.1. The van der Waals surface area contributed by atoms with Crippen LogP contribution >= 0.6 is 11.6 Å². The molecule has 1 heterocycles. The molecule has 4 heteroatoms. The fourth-order valence-electron chi connectivity index (χ4n) is 2.52. The Labute approximate surface area is 119 Å². The molecule has 0 bridgehead atoms. The minimum absolute atomic E-state index is 0.00978. The Balaban J connectivity index is 2.00. The van der Waals surface area contributed by atoms with E-state index < -0.39 is 0 Å². The first-order valence-electron chi connectivity index (χ1n) is 6.80. The Morgan fingerprint density at radius 1 is 1.53 bits per heavy atom. The lowest BCUT2D eigenvalue weighted by Gasteiger charge is -2.27. The van der Waals surface area contributed by atoms with E-state index in [-0.39, 0.29) is 11.9 Å². The molecule has 0 saturated carbocycles. The maximum absolute atomic E-state index is 12.3. The fraction of sp³-hybridized carbons (Fsp3) is 0.533. The standard InChI is InChI=1S/C15H21ClN2O/c1-11(13-5-3-4-6-14(13)16)18(2)15(19)9-12-7-8-17-10-12/h3-6,11-12,17H,7-10H2,1-2H3. The summed E-state index contributed by atoms with van der Waals surface area (Å²) in [7, 11) is 1.86. The zero-order valence-electron chi connectivity index (χ0n) is 11.5. The van der Waals surface area contributed by atoms with E-state index in [1.54, 1.807) is 4.90 Å². The van der Waals surface area contributed by atoms with Crippen molar-refractivity contribution in [2.75, 3.05) is 20.1 Å². The van der Waals surface area contributed by atoms with Crippen LogP contribution in [-0.2, 0) is 4.79 Å². The molecule has 1 fully saturated rings. The lowest BCUT2D eigenvalue weighted by molar-refractivity contribution is -0.132. The van der Waals surface area contributed by atoms with Crippen molar-refractivity contribution in [3.05, 3.63) is 34.9 Å². The first kappa shape index (κ1) is 14.4. The molecule has 19 heavy (non-hydrogen) atoms. The van der Waals surface area contributed by atoms with Gasteiger partial charge in [0.25, 0.3) is 0 Å². The molecule has 0 radical (unpaired) electrons. The first-order chi connectivity index (χ1) is 9.09. The molecular formula is C15H21ClN2O. The summed E-state index contributed by atoms with van der Waals surface area (Å²) in [5.41, 5.74) is 1.00. The van der Waals surface area contributed by atoms with Crippen LogP contribution in [-0.4, -0.2) is 30.9 Å². The summed E-state index contributed by atoms with van der Waals surface area (Å²) in [5, 5.41) is 4.01. The van der Waals surface area contributed by atoms with Crippen molar-refractivity contribution in [1.29, 1.82) is 0 Å². The van der Waals surface area contributed by atoms with Crippen LogP contribution in [0.5, 0.6) is 0 Å². The Morgan fingerprint density at radius 2 is 2.26 bits per heavy atom. The van der Waals surface area contributed by atoms with Gasteiger partial charge in [0.05, 0.1) is 6.04 Å². The second-order valence-corrected chi connectivity index (χ2v) is 5.67. The van der Waals surface area contributed by atoms with Crippen LogP contribution in [0.15, 0.2) is 24.3 Å². The molecule has 2 atom stereocenters. The van der Waals surface area contributed by atoms with E-state index in [1.807, 2.05) is 38.2 Å². The van der Waals surface area contributed by atoms with Gasteiger partial charge in [0.15, 0.2) is 0 Å². The summed E-state index contributed by atoms with van der Waals surface area (Å²) in [6, 6.07) is 7.72. The Morgan fingerprint density at radius 3 is 2.89 bits per heavy atom. The molecule has 1 amide bonds. The van der Waals surface area contributed by atoms with Gasteiger partial charge in [0.1, 0.15) is 0 Å². The van der Waals surface area contributed by atoms with E-state index in [0.29, 0.717) is 12.3 Å². The third-order valence-corrected chi connectivity index (χ3v) is 4.30. The molecule has 1 aromatic carbocycles. The minimum Gasteiger partial charge on any atom is -0.339 e. The van der Waals surface area contributed by atoms with Crippen LogP contribution in [0.3, 0.4) is 0 Å². The fourth-order valence-corrected chi connectivity index (χ4v) is 2.81. The van der Waals surface area contributed by atoms with Crippen molar-refractivity contribution in [1.82, 2.24) is 10.2 Å². The third-order valence-electron chi connectivity index (χ3n) is 3.96. The van der Waals surface area contributed by atoms with E-state index in [9.17, 15) is 4.79 Å². The number of nitrogens with zero attached hydrogens (tertiary/aromatic N) is 1. The molecule has 1 saturated heterocycles. The normalized spacial score (nSPS) is 20.3. The highest BCUT2D eigenvalue weighted by Gasteiger charge is 2.23. The van der Waals surface area contributed by atoms with Gasteiger partial charge in [-0.3, -0.25) is 4.79 Å². The Kier molecular flexibility index (Phi) is 4.83. The predicted octanol–water partition coefficient (Wildman–Crippen LogP) is 2.86. The minimum atomic E-state index is 0.00978. The average Bonchev–Trinajstić information content (AvgIpc) is 2.90. The number of halogens is 1. The highest BCUT2D eigenvalue weighted by atomic mass is 35.5. The SMILES string of the molecule is CC(c1ccccc1Cl)N(C)C(=O)CC1CCNC1. The lowest BCUT2D eigenvalue weighted by atomic mass is 10.0. The van der Waals surface area contributed by atoms with Gasteiger partial charge in [-0.2, -0.15) is 0 Å². The molecular weight excluding hydrogens is 260 g/mol. The van der Waals surface area contributed by atoms with Crippen LogP contribution < -0.4 is 5.32 Å². The summed E-state index contributed by atoms with van der Waals surface area (Å²) < 4.78 is 0. The van der Waals surface area contributed by atoms with Crippen LogP contribution in [0, 0.1) is 5.92 Å². The van der Waals surface area contributed by atoms with E-state index in [0.717, 1.165) is 30.1 Å². The van der Waals surface area contributed by atoms with E-state index in [1.165, 1.54) is 0 Å². The number of amides is 1. The Bertz CT molecular complexity index is 444. The van der Waals surface area contributed by atoms with Gasteiger partial charge >= 0.3 is 0 Å². The molecule has 0 spiro atoms. The van der Waals surface area contributed by atoms with Crippen LogP contribution in [0.4, 0.5) is 0 Å². The molecule has 2 rings (SSSR count). The monoisotopic (exact) mass is 280 g/mol. The summed E-state index contributed by atoms with van der Waals surface area (Å²) >= 11 is 6.19.